The van der Waals surface area contributed by atoms with Gasteiger partial charge in [0.2, 0.25) is 5.91 Å². The van der Waals surface area contributed by atoms with Crippen LogP contribution in [0.2, 0.25) is 0 Å². The van der Waals surface area contributed by atoms with E-state index in [4.69, 9.17) is 0 Å². The predicted molar refractivity (Wildman–Crippen MR) is 89.8 cm³/mol. The molecular weight excluding hydrogens is 272 g/mol. The summed E-state index contributed by atoms with van der Waals surface area (Å²) in [4.78, 5) is 12.5. The Hall–Kier alpha value is -1.35. The zero-order valence-corrected chi connectivity index (χ0v) is 13.6. The molecule has 2 atom stereocenters. The van der Waals surface area contributed by atoms with Gasteiger partial charge in [-0.25, -0.2) is 0 Å². The van der Waals surface area contributed by atoms with Crippen molar-refractivity contribution < 1.29 is 4.79 Å². The molecule has 120 valence electrons. The topological polar surface area (TPSA) is 41.1 Å². The molecule has 3 rings (SSSR count). The Labute approximate surface area is 133 Å². The molecule has 1 saturated heterocycles. The Balaban J connectivity index is 1.49. The molecule has 2 aliphatic rings. The second-order valence-corrected chi connectivity index (χ2v) is 6.96. The van der Waals surface area contributed by atoms with Gasteiger partial charge in [0.15, 0.2) is 0 Å². The first-order valence-corrected chi connectivity index (χ1v) is 8.82. The minimum Gasteiger partial charge on any atom is -0.352 e. The molecule has 3 heteroatoms. The highest BCUT2D eigenvalue weighted by molar-refractivity contribution is 5.79. The zero-order valence-electron chi connectivity index (χ0n) is 13.6. The maximum absolute atomic E-state index is 12.5. The van der Waals surface area contributed by atoms with Gasteiger partial charge in [0.05, 0.1) is 0 Å². The highest BCUT2D eigenvalue weighted by Crippen LogP contribution is 2.35. The monoisotopic (exact) mass is 300 g/mol. The summed E-state index contributed by atoms with van der Waals surface area (Å²) in [6.07, 6.45) is 6.61. The van der Waals surface area contributed by atoms with Gasteiger partial charge < -0.3 is 10.6 Å². The highest BCUT2D eigenvalue weighted by Gasteiger charge is 2.30. The van der Waals surface area contributed by atoms with Gasteiger partial charge >= 0.3 is 0 Å². The number of benzene rings is 1. The Morgan fingerprint density at radius 1 is 1.09 bits per heavy atom. The third-order valence-electron chi connectivity index (χ3n) is 5.46. The van der Waals surface area contributed by atoms with Crippen LogP contribution in [-0.4, -0.2) is 24.5 Å². The van der Waals surface area contributed by atoms with Crippen molar-refractivity contribution in [2.75, 3.05) is 6.54 Å². The maximum atomic E-state index is 12.5. The van der Waals surface area contributed by atoms with E-state index in [0.29, 0.717) is 18.0 Å². The van der Waals surface area contributed by atoms with E-state index in [1.165, 1.54) is 5.56 Å². The molecule has 2 N–H and O–H groups in total. The van der Waals surface area contributed by atoms with E-state index < -0.39 is 0 Å². The third kappa shape index (κ3) is 3.70. The minimum absolute atomic E-state index is 0.217. The van der Waals surface area contributed by atoms with Gasteiger partial charge in [-0.1, -0.05) is 30.3 Å². The molecule has 0 spiro atoms. The molecular formula is C19H28N2O. The Morgan fingerprint density at radius 3 is 2.50 bits per heavy atom. The minimum atomic E-state index is 0.217. The first kappa shape index (κ1) is 15.5. The number of piperidine rings is 1. The molecule has 0 radical (unpaired) electrons. The van der Waals surface area contributed by atoms with Gasteiger partial charge in [0, 0.05) is 18.0 Å². The summed E-state index contributed by atoms with van der Waals surface area (Å²) >= 11 is 0. The zero-order chi connectivity index (χ0) is 15.4. The van der Waals surface area contributed by atoms with E-state index in [-0.39, 0.29) is 11.8 Å². The fourth-order valence-electron chi connectivity index (χ4n) is 3.96. The smallest absolute Gasteiger partial charge is 0.223 e. The fraction of sp³-hybridized carbons (Fsp3) is 0.632. The predicted octanol–water partition coefficient (Wildman–Crippen LogP) is 3.22. The van der Waals surface area contributed by atoms with Crippen LogP contribution in [0.3, 0.4) is 0 Å². The van der Waals surface area contributed by atoms with E-state index in [1.54, 1.807) is 0 Å². The molecule has 1 aliphatic heterocycles. The van der Waals surface area contributed by atoms with E-state index in [9.17, 15) is 4.79 Å². The van der Waals surface area contributed by atoms with Crippen molar-refractivity contribution in [1.29, 1.82) is 0 Å². The van der Waals surface area contributed by atoms with Crippen LogP contribution in [0.5, 0.6) is 0 Å². The lowest BCUT2D eigenvalue weighted by molar-refractivity contribution is -0.127. The van der Waals surface area contributed by atoms with Crippen LogP contribution in [0.25, 0.3) is 0 Å². The van der Waals surface area contributed by atoms with Gasteiger partial charge in [-0.3, -0.25) is 4.79 Å². The summed E-state index contributed by atoms with van der Waals surface area (Å²) in [6, 6.07) is 11.5. The lowest BCUT2D eigenvalue weighted by Gasteiger charge is -2.33. The van der Waals surface area contributed by atoms with Gasteiger partial charge in [0.25, 0.3) is 0 Å². The van der Waals surface area contributed by atoms with E-state index in [0.717, 1.165) is 45.1 Å². The number of carbonyl (C=O) groups excluding carboxylic acids is 1. The number of nitrogens with one attached hydrogen (secondary N) is 2. The number of hydrogen-bond acceptors (Lipinski definition) is 2. The summed E-state index contributed by atoms with van der Waals surface area (Å²) in [5.74, 6) is 1.14. The first-order valence-electron chi connectivity index (χ1n) is 8.82. The van der Waals surface area contributed by atoms with Crippen molar-refractivity contribution in [1.82, 2.24) is 10.6 Å². The Bertz CT molecular complexity index is 479. The molecule has 0 aromatic heterocycles. The van der Waals surface area contributed by atoms with Crippen LogP contribution >= 0.6 is 0 Å². The van der Waals surface area contributed by atoms with Gasteiger partial charge in [-0.15, -0.1) is 0 Å². The van der Waals surface area contributed by atoms with Crippen LogP contribution in [0.4, 0.5) is 0 Å². The second-order valence-electron chi connectivity index (χ2n) is 6.96. The van der Waals surface area contributed by atoms with Crippen molar-refractivity contribution in [3.8, 4) is 0 Å². The molecule has 1 amide bonds. The quantitative estimate of drug-likeness (QED) is 0.900. The molecule has 22 heavy (non-hydrogen) atoms. The van der Waals surface area contributed by atoms with E-state index in [1.807, 2.05) is 0 Å². The van der Waals surface area contributed by atoms with Crippen LogP contribution < -0.4 is 10.6 Å². The van der Waals surface area contributed by atoms with Crippen molar-refractivity contribution in [2.45, 2.75) is 63.5 Å². The lowest BCUT2D eigenvalue weighted by atomic mass is 9.78. The molecule has 1 saturated carbocycles. The first-order chi connectivity index (χ1) is 10.7. The van der Waals surface area contributed by atoms with E-state index >= 15 is 0 Å². The third-order valence-corrected chi connectivity index (χ3v) is 5.46. The average molecular weight is 300 g/mol. The van der Waals surface area contributed by atoms with E-state index in [2.05, 4.69) is 47.9 Å². The normalized spacial score (nSPS) is 32.4. The van der Waals surface area contributed by atoms with Gasteiger partial charge in [0.1, 0.15) is 0 Å². The molecule has 3 nitrogen and oxygen atoms in total. The van der Waals surface area contributed by atoms with Crippen molar-refractivity contribution in [2.24, 2.45) is 5.92 Å². The van der Waals surface area contributed by atoms with Crippen LogP contribution in [0, 0.1) is 5.92 Å². The summed E-state index contributed by atoms with van der Waals surface area (Å²) in [6.45, 7) is 3.26. The lowest BCUT2D eigenvalue weighted by Crippen LogP contribution is -2.53. The van der Waals surface area contributed by atoms with Crippen LogP contribution in [0.1, 0.15) is 56.9 Å². The van der Waals surface area contributed by atoms with Crippen LogP contribution in [0.15, 0.2) is 30.3 Å². The molecule has 1 aromatic carbocycles. The summed E-state index contributed by atoms with van der Waals surface area (Å²) in [5, 5.41) is 6.75. The Kier molecular flexibility index (Phi) is 5.14. The summed E-state index contributed by atoms with van der Waals surface area (Å²) in [5.41, 5.74) is 1.44. The molecule has 2 fully saturated rings. The number of carbonyl (C=O) groups is 1. The summed E-state index contributed by atoms with van der Waals surface area (Å²) < 4.78 is 0. The van der Waals surface area contributed by atoms with Gasteiger partial charge in [-0.2, -0.15) is 0 Å². The summed E-state index contributed by atoms with van der Waals surface area (Å²) in [7, 11) is 0. The highest BCUT2D eigenvalue weighted by atomic mass is 16.1. The van der Waals surface area contributed by atoms with Crippen molar-refractivity contribution in [3.05, 3.63) is 35.9 Å². The molecule has 1 aliphatic carbocycles. The molecule has 2 unspecified atom stereocenters. The number of rotatable bonds is 3. The second kappa shape index (κ2) is 7.28. The molecule has 1 aromatic rings. The van der Waals surface area contributed by atoms with Crippen molar-refractivity contribution in [3.63, 3.8) is 0 Å². The maximum Gasteiger partial charge on any atom is 0.223 e. The average Bonchev–Trinajstić information content (AvgIpc) is 2.58. The fourth-order valence-corrected chi connectivity index (χ4v) is 3.96. The number of hydrogen-bond donors (Lipinski definition) is 2. The molecule has 1 heterocycles. The molecule has 0 bridgehead atoms. The standard InChI is InChI=1S/C19H28N2O/c1-14-18(8-5-13-20-14)21-19(22)17-11-9-16(10-12-17)15-6-3-2-4-7-15/h2-4,6-7,14,16-18,20H,5,8-13H2,1H3,(H,21,22). The number of amides is 1. The van der Waals surface area contributed by atoms with Crippen molar-refractivity contribution >= 4 is 5.91 Å². The largest absolute Gasteiger partial charge is 0.352 e. The van der Waals surface area contributed by atoms with Crippen LogP contribution in [-0.2, 0) is 4.79 Å². The Morgan fingerprint density at radius 2 is 1.82 bits per heavy atom. The van der Waals surface area contributed by atoms with Gasteiger partial charge in [-0.05, 0) is 63.5 Å². The SMILES string of the molecule is CC1NCCCC1NC(=O)C1CCC(c2ccccc2)CC1.